The van der Waals surface area contributed by atoms with Gasteiger partial charge in [-0.25, -0.2) is 0 Å². The molecular formula is C10H9NO5. The fourth-order valence-electron chi connectivity index (χ4n) is 1.52. The fraction of sp³-hybridized carbons (Fsp3) is 0.300. The average Bonchev–Trinajstić information content (AvgIpc) is 2.27. The molecule has 1 aromatic rings. The first-order valence-corrected chi connectivity index (χ1v) is 4.69. The predicted octanol–water partition coefficient (Wildman–Crippen LogP) is 1.57. The largest absolute Gasteiger partial charge is 0.486 e. The van der Waals surface area contributed by atoms with E-state index >= 15 is 0 Å². The van der Waals surface area contributed by atoms with E-state index in [0.29, 0.717) is 18.6 Å². The zero-order valence-corrected chi connectivity index (χ0v) is 8.50. The zero-order chi connectivity index (χ0) is 11.7. The molecule has 6 nitrogen and oxygen atoms in total. The number of hydrogen-bond acceptors (Lipinski definition) is 5. The Bertz CT molecular complexity index is 457. The average molecular weight is 223 g/mol. The Morgan fingerprint density at radius 2 is 2.31 bits per heavy atom. The van der Waals surface area contributed by atoms with Crippen LogP contribution >= 0.6 is 0 Å². The van der Waals surface area contributed by atoms with Crippen LogP contribution in [0.25, 0.3) is 0 Å². The van der Waals surface area contributed by atoms with Crippen molar-refractivity contribution in [3.8, 4) is 11.5 Å². The lowest BCUT2D eigenvalue weighted by Crippen LogP contribution is -2.26. The van der Waals surface area contributed by atoms with E-state index in [-0.39, 0.29) is 23.1 Å². The minimum Gasteiger partial charge on any atom is -0.486 e. The smallest absolute Gasteiger partial charge is 0.283 e. The Morgan fingerprint density at radius 1 is 1.56 bits per heavy atom. The van der Waals surface area contributed by atoms with Gasteiger partial charge in [0.25, 0.3) is 5.69 Å². The van der Waals surface area contributed by atoms with Gasteiger partial charge >= 0.3 is 0 Å². The number of carbonyl (C=O) groups excluding carboxylic acids is 1. The van der Waals surface area contributed by atoms with Crippen LogP contribution in [0.1, 0.15) is 17.3 Å². The number of ether oxygens (including phenoxy) is 2. The molecule has 2 rings (SSSR count). The molecule has 1 aliphatic rings. The molecule has 0 N–H and O–H groups in total. The van der Waals surface area contributed by atoms with Gasteiger partial charge in [0.15, 0.2) is 17.8 Å². The first-order valence-electron chi connectivity index (χ1n) is 4.69. The van der Waals surface area contributed by atoms with E-state index in [2.05, 4.69) is 0 Å². The molecule has 0 spiro atoms. The van der Waals surface area contributed by atoms with Gasteiger partial charge in [0, 0.05) is 6.07 Å². The molecule has 1 heterocycles. The van der Waals surface area contributed by atoms with Gasteiger partial charge in [-0.05, 0) is 13.0 Å². The predicted molar refractivity (Wildman–Crippen MR) is 54.1 cm³/mol. The Hall–Kier alpha value is -2.11. The molecule has 0 fully saturated rings. The summed E-state index contributed by atoms with van der Waals surface area (Å²) in [6.45, 7) is 2.12. The third-order valence-corrected chi connectivity index (χ3v) is 2.24. The maximum absolute atomic E-state index is 10.9. The van der Waals surface area contributed by atoms with Gasteiger partial charge in [-0.2, -0.15) is 0 Å². The highest BCUT2D eigenvalue weighted by molar-refractivity contribution is 5.87. The Kier molecular flexibility index (Phi) is 2.47. The van der Waals surface area contributed by atoms with Gasteiger partial charge in [-0.3, -0.25) is 14.9 Å². The normalized spacial score (nSPS) is 17.9. The summed E-state index contributed by atoms with van der Waals surface area (Å²) in [7, 11) is 0. The number of rotatable bonds is 2. The quantitative estimate of drug-likeness (QED) is 0.432. The van der Waals surface area contributed by atoms with Crippen LogP contribution in [-0.2, 0) is 0 Å². The zero-order valence-electron chi connectivity index (χ0n) is 8.50. The number of nitrogens with zero attached hydrogens (tertiary/aromatic N) is 1. The van der Waals surface area contributed by atoms with E-state index in [1.54, 1.807) is 6.92 Å². The van der Waals surface area contributed by atoms with Gasteiger partial charge in [0.1, 0.15) is 18.3 Å². The molecule has 0 radical (unpaired) electrons. The van der Waals surface area contributed by atoms with E-state index in [1.807, 2.05) is 0 Å². The van der Waals surface area contributed by atoms with E-state index in [1.165, 1.54) is 12.1 Å². The molecule has 0 saturated heterocycles. The lowest BCUT2D eigenvalue weighted by molar-refractivity contribution is -0.385. The maximum atomic E-state index is 10.9. The lowest BCUT2D eigenvalue weighted by atomic mass is 10.1. The second-order valence-electron chi connectivity index (χ2n) is 3.44. The molecule has 1 unspecified atom stereocenters. The molecule has 0 aliphatic carbocycles. The Balaban J connectivity index is 2.59. The summed E-state index contributed by atoms with van der Waals surface area (Å²) in [5.41, 5.74) is -0.347. The molecule has 1 atom stereocenters. The fourth-order valence-corrected chi connectivity index (χ4v) is 1.52. The van der Waals surface area contributed by atoms with Crippen molar-refractivity contribution in [1.29, 1.82) is 0 Å². The van der Waals surface area contributed by atoms with Crippen molar-refractivity contribution in [1.82, 2.24) is 0 Å². The van der Waals surface area contributed by atoms with Crippen LogP contribution in [0.4, 0.5) is 5.69 Å². The summed E-state index contributed by atoms with van der Waals surface area (Å²) < 4.78 is 10.7. The van der Waals surface area contributed by atoms with Crippen molar-refractivity contribution < 1.29 is 19.2 Å². The van der Waals surface area contributed by atoms with Crippen molar-refractivity contribution in [2.75, 3.05) is 6.61 Å². The second kappa shape index (κ2) is 3.80. The van der Waals surface area contributed by atoms with Gasteiger partial charge in [0.05, 0.1) is 4.92 Å². The Morgan fingerprint density at radius 3 is 2.94 bits per heavy atom. The second-order valence-corrected chi connectivity index (χ2v) is 3.44. The molecule has 16 heavy (non-hydrogen) atoms. The van der Waals surface area contributed by atoms with E-state index < -0.39 is 4.92 Å². The number of aldehydes is 1. The van der Waals surface area contributed by atoms with Gasteiger partial charge < -0.3 is 9.47 Å². The summed E-state index contributed by atoms with van der Waals surface area (Å²) in [5.74, 6) is 0.522. The molecule has 0 amide bonds. The van der Waals surface area contributed by atoms with Crippen LogP contribution in [-0.4, -0.2) is 23.9 Å². The number of carbonyl (C=O) groups is 1. The summed E-state index contributed by atoms with van der Waals surface area (Å²) in [6, 6.07) is 2.67. The number of hydrogen-bond donors (Lipinski definition) is 0. The SMILES string of the molecule is CC1COc2ccc([N+](=O)[O-])c(C=O)c2O1. The third kappa shape index (κ3) is 1.58. The molecule has 0 bridgehead atoms. The van der Waals surface area contributed by atoms with Gasteiger partial charge in [-0.1, -0.05) is 0 Å². The standard InChI is InChI=1S/C10H9NO5/c1-6-5-15-9-3-2-8(11(13)14)7(4-12)10(9)16-6/h2-4,6H,5H2,1H3. The molecule has 0 aromatic heterocycles. The molecule has 1 aliphatic heterocycles. The molecule has 6 heteroatoms. The highest BCUT2D eigenvalue weighted by Crippen LogP contribution is 2.39. The summed E-state index contributed by atoms with van der Waals surface area (Å²) in [5, 5.41) is 10.7. The van der Waals surface area contributed by atoms with Crippen molar-refractivity contribution in [3.05, 3.63) is 27.8 Å². The molecule has 0 saturated carbocycles. The number of nitro benzene ring substituents is 1. The van der Waals surface area contributed by atoms with Crippen molar-refractivity contribution in [2.45, 2.75) is 13.0 Å². The maximum Gasteiger partial charge on any atom is 0.283 e. The molecule has 84 valence electrons. The number of nitro groups is 1. The number of fused-ring (bicyclic) bond motifs is 1. The first kappa shape index (κ1) is 10.4. The summed E-state index contributed by atoms with van der Waals surface area (Å²) in [4.78, 5) is 21.0. The van der Waals surface area contributed by atoms with E-state index in [9.17, 15) is 14.9 Å². The van der Waals surface area contributed by atoms with Crippen molar-refractivity contribution >= 4 is 12.0 Å². The number of benzene rings is 1. The van der Waals surface area contributed by atoms with Crippen LogP contribution in [0, 0.1) is 10.1 Å². The monoisotopic (exact) mass is 223 g/mol. The van der Waals surface area contributed by atoms with Crippen molar-refractivity contribution in [2.24, 2.45) is 0 Å². The summed E-state index contributed by atoms with van der Waals surface area (Å²) >= 11 is 0. The van der Waals surface area contributed by atoms with Crippen LogP contribution in [0.2, 0.25) is 0 Å². The first-order chi connectivity index (χ1) is 7.63. The van der Waals surface area contributed by atoms with Crippen molar-refractivity contribution in [3.63, 3.8) is 0 Å². The van der Waals surface area contributed by atoms with Crippen LogP contribution in [0.5, 0.6) is 11.5 Å². The van der Waals surface area contributed by atoms with Crippen LogP contribution in [0.3, 0.4) is 0 Å². The molecule has 1 aromatic carbocycles. The highest BCUT2D eigenvalue weighted by Gasteiger charge is 2.27. The Labute approximate surface area is 90.9 Å². The highest BCUT2D eigenvalue weighted by atomic mass is 16.6. The topological polar surface area (TPSA) is 78.7 Å². The minimum absolute atomic E-state index is 0.0750. The molecular weight excluding hydrogens is 214 g/mol. The van der Waals surface area contributed by atoms with Gasteiger partial charge in [0.2, 0.25) is 0 Å². The van der Waals surface area contributed by atoms with E-state index in [0.717, 1.165) is 0 Å². The summed E-state index contributed by atoms with van der Waals surface area (Å²) in [6.07, 6.45) is 0.187. The van der Waals surface area contributed by atoms with E-state index in [4.69, 9.17) is 9.47 Å². The van der Waals surface area contributed by atoms with Gasteiger partial charge in [-0.15, -0.1) is 0 Å². The van der Waals surface area contributed by atoms with Crippen LogP contribution in [0.15, 0.2) is 12.1 Å². The third-order valence-electron chi connectivity index (χ3n) is 2.24. The lowest BCUT2D eigenvalue weighted by Gasteiger charge is -2.24. The minimum atomic E-state index is -0.618. The van der Waals surface area contributed by atoms with Crippen LogP contribution < -0.4 is 9.47 Å².